The van der Waals surface area contributed by atoms with E-state index in [1.807, 2.05) is 30.3 Å². The number of nitrogens with one attached hydrogen (secondary N) is 1. The number of hydrogen-bond acceptors (Lipinski definition) is 1. The summed E-state index contributed by atoms with van der Waals surface area (Å²) in [7, 11) is 0. The Morgan fingerprint density at radius 1 is 0.889 bits per heavy atom. The van der Waals surface area contributed by atoms with Gasteiger partial charge in [-0.25, -0.2) is 4.98 Å². The number of nitrogens with zero attached hydrogens (tertiary/aromatic N) is 1. The highest BCUT2D eigenvalue weighted by Gasteiger charge is 2.11. The molecule has 1 N–H and O–H groups in total. The van der Waals surface area contributed by atoms with Gasteiger partial charge in [0.25, 0.3) is 0 Å². The third kappa shape index (κ3) is 1.25. The van der Waals surface area contributed by atoms with Crippen LogP contribution in [0.25, 0.3) is 32.8 Å². The Balaban J connectivity index is 2.33. The number of rotatable bonds is 0. The maximum Gasteiger partial charge on any atom is 0.0977 e. The minimum absolute atomic E-state index is 1.02. The monoisotopic (exact) mass is 296 g/mol. The van der Waals surface area contributed by atoms with Crippen LogP contribution in [0.15, 0.2) is 53.0 Å². The van der Waals surface area contributed by atoms with E-state index in [0.29, 0.717) is 0 Å². The van der Waals surface area contributed by atoms with Crippen LogP contribution in [0.5, 0.6) is 0 Å². The summed E-state index contributed by atoms with van der Waals surface area (Å²) in [4.78, 5) is 8.19. The molecule has 0 bridgehead atoms. The number of benzene rings is 2. The number of para-hydroxylation sites is 2. The fourth-order valence-electron chi connectivity index (χ4n) is 2.41. The highest BCUT2D eigenvalue weighted by atomic mass is 79.9. The summed E-state index contributed by atoms with van der Waals surface area (Å²) in [6.07, 6.45) is 0. The molecule has 18 heavy (non-hydrogen) atoms. The van der Waals surface area contributed by atoms with Crippen LogP contribution >= 0.6 is 15.9 Å². The molecule has 0 saturated carbocycles. The molecule has 0 saturated heterocycles. The predicted octanol–water partition coefficient (Wildman–Crippen LogP) is 4.63. The molecule has 2 heterocycles. The summed E-state index contributed by atoms with van der Waals surface area (Å²) in [5.74, 6) is 0. The van der Waals surface area contributed by atoms with Crippen molar-refractivity contribution in [3.8, 4) is 0 Å². The van der Waals surface area contributed by atoms with Crippen molar-refractivity contribution in [3.63, 3.8) is 0 Å². The van der Waals surface area contributed by atoms with Crippen molar-refractivity contribution in [3.05, 3.63) is 53.0 Å². The van der Waals surface area contributed by atoms with Crippen molar-refractivity contribution in [2.45, 2.75) is 0 Å². The smallest absolute Gasteiger partial charge is 0.0977 e. The lowest BCUT2D eigenvalue weighted by Crippen LogP contribution is -1.82. The Labute approximate surface area is 112 Å². The molecule has 0 spiro atoms. The predicted molar refractivity (Wildman–Crippen MR) is 78.8 cm³/mol. The second kappa shape index (κ2) is 3.56. The van der Waals surface area contributed by atoms with Crippen molar-refractivity contribution in [1.82, 2.24) is 9.97 Å². The fraction of sp³-hybridized carbons (Fsp3) is 0. The van der Waals surface area contributed by atoms with Crippen molar-refractivity contribution >= 4 is 48.8 Å². The molecule has 0 radical (unpaired) electrons. The van der Waals surface area contributed by atoms with Gasteiger partial charge in [0.15, 0.2) is 0 Å². The van der Waals surface area contributed by atoms with E-state index in [4.69, 9.17) is 4.98 Å². The molecule has 0 fully saturated rings. The van der Waals surface area contributed by atoms with Crippen LogP contribution < -0.4 is 0 Å². The van der Waals surface area contributed by atoms with Gasteiger partial charge in [-0.3, -0.25) is 0 Å². The molecule has 2 aromatic carbocycles. The van der Waals surface area contributed by atoms with Crippen LogP contribution in [0.3, 0.4) is 0 Å². The summed E-state index contributed by atoms with van der Waals surface area (Å²) in [6.45, 7) is 0. The maximum atomic E-state index is 4.77. The normalized spacial score (nSPS) is 11.6. The van der Waals surface area contributed by atoms with Gasteiger partial charge in [0.05, 0.1) is 21.0 Å². The van der Waals surface area contributed by atoms with Gasteiger partial charge in [-0.1, -0.05) is 36.4 Å². The van der Waals surface area contributed by atoms with Crippen LogP contribution in [0.4, 0.5) is 0 Å². The molecule has 3 heteroatoms. The van der Waals surface area contributed by atoms with Gasteiger partial charge >= 0.3 is 0 Å². The van der Waals surface area contributed by atoms with E-state index in [9.17, 15) is 0 Å². The first-order valence-electron chi connectivity index (χ1n) is 5.79. The maximum absolute atomic E-state index is 4.77. The molecule has 4 rings (SSSR count). The number of aromatic amines is 1. The molecular formula is C15H9BrN2. The molecule has 0 aliphatic rings. The van der Waals surface area contributed by atoms with Gasteiger partial charge in [0.2, 0.25) is 0 Å². The summed E-state index contributed by atoms with van der Waals surface area (Å²) in [6, 6.07) is 16.4. The van der Waals surface area contributed by atoms with E-state index < -0.39 is 0 Å². The molecule has 0 atom stereocenters. The van der Waals surface area contributed by atoms with Crippen LogP contribution in [-0.4, -0.2) is 9.97 Å². The number of aromatic nitrogens is 2. The molecule has 4 aromatic rings. The fourth-order valence-corrected chi connectivity index (χ4v) is 3.04. The summed E-state index contributed by atoms with van der Waals surface area (Å²) < 4.78 is 1.08. The second-order valence-corrected chi connectivity index (χ2v) is 5.13. The zero-order chi connectivity index (χ0) is 12.1. The Morgan fingerprint density at radius 2 is 1.61 bits per heavy atom. The van der Waals surface area contributed by atoms with E-state index in [-0.39, 0.29) is 0 Å². The first-order chi connectivity index (χ1) is 8.84. The van der Waals surface area contributed by atoms with Crippen LogP contribution in [-0.2, 0) is 0 Å². The van der Waals surface area contributed by atoms with Crippen LogP contribution in [0.1, 0.15) is 0 Å². The standard InChI is InChI=1S/C15H9BrN2/c16-13-9-5-1-3-7-11(9)17-14-10-6-2-4-8-12(10)18-15(13)14/h1-8,18H. The van der Waals surface area contributed by atoms with Crippen LogP contribution in [0.2, 0.25) is 0 Å². The topological polar surface area (TPSA) is 28.7 Å². The highest BCUT2D eigenvalue weighted by Crippen LogP contribution is 2.33. The van der Waals surface area contributed by atoms with Gasteiger partial charge in [0.1, 0.15) is 0 Å². The third-order valence-corrected chi connectivity index (χ3v) is 4.09. The first-order valence-corrected chi connectivity index (χ1v) is 6.58. The van der Waals surface area contributed by atoms with Crippen molar-refractivity contribution in [2.75, 3.05) is 0 Å². The quantitative estimate of drug-likeness (QED) is 0.503. The van der Waals surface area contributed by atoms with Crippen molar-refractivity contribution in [2.24, 2.45) is 0 Å². The zero-order valence-electron chi connectivity index (χ0n) is 9.44. The van der Waals surface area contributed by atoms with Crippen molar-refractivity contribution < 1.29 is 0 Å². The number of halogens is 1. The van der Waals surface area contributed by atoms with E-state index in [1.165, 1.54) is 5.39 Å². The molecule has 86 valence electrons. The number of H-pyrrole nitrogens is 1. The second-order valence-electron chi connectivity index (χ2n) is 4.34. The van der Waals surface area contributed by atoms with Gasteiger partial charge < -0.3 is 4.98 Å². The minimum Gasteiger partial charge on any atom is -0.352 e. The third-order valence-electron chi connectivity index (χ3n) is 3.27. The summed E-state index contributed by atoms with van der Waals surface area (Å²) >= 11 is 3.69. The molecule has 0 aliphatic heterocycles. The highest BCUT2D eigenvalue weighted by molar-refractivity contribution is 9.10. The number of pyridine rings is 1. The lowest BCUT2D eigenvalue weighted by atomic mass is 10.2. The van der Waals surface area contributed by atoms with E-state index in [0.717, 1.165) is 31.9 Å². The van der Waals surface area contributed by atoms with Gasteiger partial charge in [-0.15, -0.1) is 0 Å². The Hall–Kier alpha value is -1.87. The molecule has 0 aliphatic carbocycles. The van der Waals surface area contributed by atoms with E-state index in [2.05, 4.69) is 39.1 Å². The van der Waals surface area contributed by atoms with Crippen molar-refractivity contribution in [1.29, 1.82) is 0 Å². The molecule has 2 aromatic heterocycles. The van der Waals surface area contributed by atoms with E-state index in [1.54, 1.807) is 0 Å². The SMILES string of the molecule is Brc1c2ccccc2nc2c1[nH]c1ccccc12. The molecule has 2 nitrogen and oxygen atoms in total. The first kappa shape index (κ1) is 10.1. The van der Waals surface area contributed by atoms with Gasteiger partial charge in [0, 0.05) is 16.3 Å². The number of hydrogen-bond donors (Lipinski definition) is 1. The molecular weight excluding hydrogens is 288 g/mol. The summed E-state index contributed by atoms with van der Waals surface area (Å²) in [5.41, 5.74) is 4.23. The lowest BCUT2D eigenvalue weighted by molar-refractivity contribution is 1.48. The molecule has 0 unspecified atom stereocenters. The van der Waals surface area contributed by atoms with E-state index >= 15 is 0 Å². The Morgan fingerprint density at radius 3 is 2.50 bits per heavy atom. The Bertz CT molecular complexity index is 893. The minimum atomic E-state index is 1.02. The Kier molecular flexibility index (Phi) is 2.00. The van der Waals surface area contributed by atoms with Crippen LogP contribution in [0, 0.1) is 0 Å². The van der Waals surface area contributed by atoms with Gasteiger partial charge in [-0.2, -0.15) is 0 Å². The zero-order valence-corrected chi connectivity index (χ0v) is 11.0. The summed E-state index contributed by atoms with van der Waals surface area (Å²) in [5, 5.41) is 2.30. The average molecular weight is 297 g/mol. The number of fused-ring (bicyclic) bond motifs is 4. The lowest BCUT2D eigenvalue weighted by Gasteiger charge is -2.01. The average Bonchev–Trinajstić information content (AvgIpc) is 2.79. The largest absolute Gasteiger partial charge is 0.352 e. The van der Waals surface area contributed by atoms with Gasteiger partial charge in [-0.05, 0) is 28.1 Å². The molecule has 0 amide bonds.